The number of rotatable bonds is 4. The summed E-state index contributed by atoms with van der Waals surface area (Å²) in [6.45, 7) is 1.96. The van der Waals surface area contributed by atoms with Gasteiger partial charge in [0.1, 0.15) is 11.5 Å². The van der Waals surface area contributed by atoms with Crippen LogP contribution in [0.25, 0.3) is 17.0 Å². The number of aromatic nitrogens is 3. The monoisotopic (exact) mass is 380 g/mol. The molecule has 6 nitrogen and oxygen atoms in total. The summed E-state index contributed by atoms with van der Waals surface area (Å²) in [7, 11) is 1.51. The number of imidazole rings is 1. The van der Waals surface area contributed by atoms with E-state index in [0.717, 1.165) is 22.6 Å². The number of anilines is 2. The highest BCUT2D eigenvalue weighted by atomic mass is 35.5. The molecule has 0 atom stereocenters. The Bertz CT molecular complexity index is 1140. The molecule has 136 valence electrons. The molecule has 0 aliphatic carbocycles. The normalized spacial score (nSPS) is 10.9. The third-order valence-corrected chi connectivity index (χ3v) is 4.70. The second kappa shape index (κ2) is 6.81. The van der Waals surface area contributed by atoms with Crippen LogP contribution < -0.4 is 10.1 Å². The highest BCUT2D eigenvalue weighted by Crippen LogP contribution is 2.36. The summed E-state index contributed by atoms with van der Waals surface area (Å²) in [6.07, 6.45) is 3.57. The molecule has 2 aromatic carbocycles. The molecule has 0 saturated carbocycles. The van der Waals surface area contributed by atoms with Gasteiger partial charge in [-0.05, 0) is 48.9 Å². The maximum absolute atomic E-state index is 9.89. The van der Waals surface area contributed by atoms with Crippen LogP contribution >= 0.6 is 11.6 Å². The number of halogens is 1. The fourth-order valence-electron chi connectivity index (χ4n) is 2.84. The van der Waals surface area contributed by atoms with Gasteiger partial charge in [-0.2, -0.15) is 0 Å². The average molecular weight is 381 g/mol. The van der Waals surface area contributed by atoms with E-state index in [0.29, 0.717) is 22.2 Å². The third kappa shape index (κ3) is 3.15. The number of hydrogen-bond acceptors (Lipinski definition) is 5. The summed E-state index contributed by atoms with van der Waals surface area (Å²) >= 11 is 6.27. The van der Waals surface area contributed by atoms with E-state index < -0.39 is 0 Å². The first-order chi connectivity index (χ1) is 13.1. The van der Waals surface area contributed by atoms with Gasteiger partial charge in [-0.3, -0.25) is 4.40 Å². The van der Waals surface area contributed by atoms with Crippen molar-refractivity contribution in [3.63, 3.8) is 0 Å². The zero-order valence-corrected chi connectivity index (χ0v) is 15.5. The Hall–Kier alpha value is -3.25. The SMILES string of the molecule is COc1cc(-c2nc3ncccn3c2Nc2ccc(C)c(Cl)c2)ccc1O. The number of hydrogen-bond donors (Lipinski definition) is 2. The van der Waals surface area contributed by atoms with Gasteiger partial charge in [-0.1, -0.05) is 17.7 Å². The second-order valence-electron chi connectivity index (χ2n) is 6.07. The van der Waals surface area contributed by atoms with Gasteiger partial charge in [-0.15, -0.1) is 0 Å². The topological polar surface area (TPSA) is 71.7 Å². The molecule has 2 N–H and O–H groups in total. The maximum Gasteiger partial charge on any atom is 0.235 e. The molecule has 0 amide bonds. The smallest absolute Gasteiger partial charge is 0.235 e. The Balaban J connectivity index is 1.88. The van der Waals surface area contributed by atoms with Crippen LogP contribution in [0, 0.1) is 6.92 Å². The first-order valence-electron chi connectivity index (χ1n) is 8.30. The first kappa shape index (κ1) is 17.2. The number of benzene rings is 2. The van der Waals surface area contributed by atoms with Crippen molar-refractivity contribution >= 4 is 28.9 Å². The van der Waals surface area contributed by atoms with Crippen molar-refractivity contribution < 1.29 is 9.84 Å². The van der Waals surface area contributed by atoms with E-state index in [1.54, 1.807) is 24.4 Å². The number of phenolic OH excluding ortho intramolecular Hbond substituents is 1. The lowest BCUT2D eigenvalue weighted by Gasteiger charge is -2.11. The van der Waals surface area contributed by atoms with Crippen LogP contribution in [-0.2, 0) is 0 Å². The summed E-state index contributed by atoms with van der Waals surface area (Å²) < 4.78 is 7.09. The number of aromatic hydroxyl groups is 1. The van der Waals surface area contributed by atoms with E-state index >= 15 is 0 Å². The minimum atomic E-state index is 0.0722. The number of nitrogens with zero attached hydrogens (tertiary/aromatic N) is 3. The Labute approximate surface area is 161 Å². The molecule has 4 aromatic rings. The zero-order valence-electron chi connectivity index (χ0n) is 14.8. The Morgan fingerprint density at radius 3 is 2.81 bits per heavy atom. The second-order valence-corrected chi connectivity index (χ2v) is 6.48. The molecular formula is C20H17ClN4O2. The molecule has 2 heterocycles. The Morgan fingerprint density at radius 1 is 1.19 bits per heavy atom. The van der Waals surface area contributed by atoms with E-state index in [1.807, 2.05) is 41.8 Å². The molecule has 2 aromatic heterocycles. The van der Waals surface area contributed by atoms with Crippen molar-refractivity contribution in [3.8, 4) is 22.8 Å². The van der Waals surface area contributed by atoms with Gasteiger partial charge in [0.05, 0.1) is 7.11 Å². The lowest BCUT2D eigenvalue weighted by Crippen LogP contribution is -1.98. The highest BCUT2D eigenvalue weighted by molar-refractivity contribution is 6.31. The minimum Gasteiger partial charge on any atom is -0.504 e. The lowest BCUT2D eigenvalue weighted by molar-refractivity contribution is 0.373. The summed E-state index contributed by atoms with van der Waals surface area (Å²) in [6, 6.07) is 12.7. The molecule has 0 aliphatic rings. The number of ether oxygens (including phenoxy) is 1. The molecule has 4 rings (SSSR count). The van der Waals surface area contributed by atoms with E-state index in [1.165, 1.54) is 7.11 Å². The zero-order chi connectivity index (χ0) is 19.0. The molecule has 0 aliphatic heterocycles. The van der Waals surface area contributed by atoms with E-state index in [9.17, 15) is 5.11 Å². The molecule has 0 bridgehead atoms. The minimum absolute atomic E-state index is 0.0722. The highest BCUT2D eigenvalue weighted by Gasteiger charge is 2.17. The van der Waals surface area contributed by atoms with Crippen molar-refractivity contribution in [2.75, 3.05) is 12.4 Å². The molecule has 7 heteroatoms. The van der Waals surface area contributed by atoms with E-state index in [4.69, 9.17) is 16.3 Å². The van der Waals surface area contributed by atoms with Crippen LogP contribution in [0.5, 0.6) is 11.5 Å². The van der Waals surface area contributed by atoms with Crippen LogP contribution in [0.4, 0.5) is 11.5 Å². The summed E-state index contributed by atoms with van der Waals surface area (Å²) in [5, 5.41) is 14.0. The predicted molar refractivity (Wildman–Crippen MR) is 106 cm³/mol. The first-order valence-corrected chi connectivity index (χ1v) is 8.68. The Morgan fingerprint density at radius 2 is 2.04 bits per heavy atom. The summed E-state index contributed by atoms with van der Waals surface area (Å²) in [5.41, 5.74) is 3.31. The molecule has 0 fully saturated rings. The van der Waals surface area contributed by atoms with Gasteiger partial charge in [0.25, 0.3) is 0 Å². The number of aryl methyl sites for hydroxylation is 1. The van der Waals surface area contributed by atoms with Gasteiger partial charge in [-0.25, -0.2) is 9.97 Å². The van der Waals surface area contributed by atoms with Crippen molar-refractivity contribution in [2.24, 2.45) is 0 Å². The molecular weight excluding hydrogens is 364 g/mol. The van der Waals surface area contributed by atoms with Crippen LogP contribution in [0.15, 0.2) is 54.9 Å². The maximum atomic E-state index is 9.89. The van der Waals surface area contributed by atoms with Crippen LogP contribution in [0.3, 0.4) is 0 Å². The summed E-state index contributed by atoms with van der Waals surface area (Å²) in [4.78, 5) is 8.97. The number of fused-ring (bicyclic) bond motifs is 1. The van der Waals surface area contributed by atoms with Crippen molar-refractivity contribution in [2.45, 2.75) is 6.92 Å². The summed E-state index contributed by atoms with van der Waals surface area (Å²) in [5.74, 6) is 1.75. The molecule has 0 saturated heterocycles. The van der Waals surface area contributed by atoms with E-state index in [2.05, 4.69) is 15.3 Å². The third-order valence-electron chi connectivity index (χ3n) is 4.29. The average Bonchev–Trinajstić information content (AvgIpc) is 3.04. The molecule has 0 unspecified atom stereocenters. The van der Waals surface area contributed by atoms with Crippen molar-refractivity contribution in [3.05, 3.63) is 65.4 Å². The predicted octanol–water partition coefficient (Wildman–Crippen LogP) is 4.82. The van der Waals surface area contributed by atoms with E-state index in [-0.39, 0.29) is 5.75 Å². The van der Waals surface area contributed by atoms with Crippen LogP contribution in [0.1, 0.15) is 5.56 Å². The quantitative estimate of drug-likeness (QED) is 0.531. The Kier molecular flexibility index (Phi) is 4.33. The number of nitrogens with one attached hydrogen (secondary N) is 1. The molecule has 0 radical (unpaired) electrons. The fraction of sp³-hybridized carbons (Fsp3) is 0.100. The number of phenols is 1. The fourth-order valence-corrected chi connectivity index (χ4v) is 3.02. The van der Waals surface area contributed by atoms with Gasteiger partial charge in [0.2, 0.25) is 5.78 Å². The standard InChI is InChI=1S/C20H17ClN4O2/c1-12-4-6-14(11-15(12)21)23-19-18(24-20-22-8-3-9-25(19)20)13-5-7-16(26)17(10-13)27-2/h3-11,23,26H,1-2H3. The largest absolute Gasteiger partial charge is 0.504 e. The number of methoxy groups -OCH3 is 1. The van der Waals surface area contributed by atoms with Crippen molar-refractivity contribution in [1.29, 1.82) is 0 Å². The molecule has 0 spiro atoms. The van der Waals surface area contributed by atoms with Crippen LogP contribution in [-0.4, -0.2) is 26.6 Å². The van der Waals surface area contributed by atoms with Gasteiger partial charge in [0, 0.05) is 28.7 Å². The molecule has 27 heavy (non-hydrogen) atoms. The van der Waals surface area contributed by atoms with Gasteiger partial charge in [0.15, 0.2) is 11.5 Å². The lowest BCUT2D eigenvalue weighted by atomic mass is 10.1. The van der Waals surface area contributed by atoms with Gasteiger partial charge < -0.3 is 15.2 Å². The van der Waals surface area contributed by atoms with Crippen LogP contribution in [0.2, 0.25) is 5.02 Å². The van der Waals surface area contributed by atoms with Gasteiger partial charge >= 0.3 is 0 Å². The van der Waals surface area contributed by atoms with Crippen molar-refractivity contribution in [1.82, 2.24) is 14.4 Å².